The third-order valence-electron chi connectivity index (χ3n) is 3.00. The molecule has 0 saturated heterocycles. The summed E-state index contributed by atoms with van der Waals surface area (Å²) in [7, 11) is 1.57. The van der Waals surface area contributed by atoms with Gasteiger partial charge in [0.15, 0.2) is 5.76 Å². The molecule has 8 heteroatoms. The lowest BCUT2D eigenvalue weighted by Crippen LogP contribution is -2.21. The van der Waals surface area contributed by atoms with Crippen molar-refractivity contribution in [1.29, 1.82) is 0 Å². The van der Waals surface area contributed by atoms with Crippen LogP contribution in [-0.4, -0.2) is 23.7 Å². The van der Waals surface area contributed by atoms with E-state index in [2.05, 4.69) is 10.5 Å². The van der Waals surface area contributed by atoms with Crippen molar-refractivity contribution in [3.63, 3.8) is 0 Å². The SMILES string of the molecule is COc1ccc(CC(=O)N/N=C(\C)c2ccc([N+](=O)[O-])o2)cc1. The Morgan fingerprint density at radius 2 is 2.00 bits per heavy atom. The molecular formula is C15H15N3O5. The van der Waals surface area contributed by atoms with Gasteiger partial charge in [-0.25, -0.2) is 5.43 Å². The number of benzene rings is 1. The van der Waals surface area contributed by atoms with Gasteiger partial charge < -0.3 is 9.15 Å². The molecule has 0 radical (unpaired) electrons. The van der Waals surface area contributed by atoms with Gasteiger partial charge in [0, 0.05) is 0 Å². The van der Waals surface area contributed by atoms with Crippen LogP contribution in [0.15, 0.2) is 45.9 Å². The molecule has 1 heterocycles. The second-order valence-corrected chi connectivity index (χ2v) is 4.65. The number of amides is 1. The number of nitrogens with zero attached hydrogens (tertiary/aromatic N) is 2. The van der Waals surface area contributed by atoms with E-state index >= 15 is 0 Å². The molecule has 120 valence electrons. The van der Waals surface area contributed by atoms with E-state index in [0.717, 1.165) is 5.56 Å². The van der Waals surface area contributed by atoms with E-state index in [1.165, 1.54) is 12.1 Å². The normalized spacial score (nSPS) is 11.1. The quantitative estimate of drug-likeness (QED) is 0.499. The molecular weight excluding hydrogens is 302 g/mol. The first-order valence-corrected chi connectivity index (χ1v) is 6.70. The monoisotopic (exact) mass is 317 g/mol. The fourth-order valence-corrected chi connectivity index (χ4v) is 1.79. The molecule has 1 aromatic heterocycles. The van der Waals surface area contributed by atoms with Gasteiger partial charge in [0.05, 0.1) is 19.6 Å². The molecule has 0 aliphatic rings. The Labute approximate surface area is 131 Å². The molecule has 0 aliphatic heterocycles. The van der Waals surface area contributed by atoms with Gasteiger partial charge in [-0.05, 0) is 30.7 Å². The topological polar surface area (TPSA) is 107 Å². The number of ether oxygens (including phenoxy) is 1. The van der Waals surface area contributed by atoms with Crippen molar-refractivity contribution in [2.75, 3.05) is 7.11 Å². The van der Waals surface area contributed by atoms with Crippen LogP contribution in [0.4, 0.5) is 5.88 Å². The maximum absolute atomic E-state index is 11.8. The number of nitro groups is 1. The van der Waals surface area contributed by atoms with Crippen LogP contribution in [0, 0.1) is 10.1 Å². The summed E-state index contributed by atoms with van der Waals surface area (Å²) in [6, 6.07) is 9.74. The molecule has 0 bridgehead atoms. The lowest BCUT2D eigenvalue weighted by Gasteiger charge is -2.03. The van der Waals surface area contributed by atoms with Gasteiger partial charge in [-0.3, -0.25) is 14.9 Å². The second-order valence-electron chi connectivity index (χ2n) is 4.65. The van der Waals surface area contributed by atoms with Gasteiger partial charge in [0.2, 0.25) is 5.91 Å². The second kappa shape index (κ2) is 7.21. The highest BCUT2D eigenvalue weighted by atomic mass is 16.6. The molecule has 23 heavy (non-hydrogen) atoms. The Bertz CT molecular complexity index is 734. The fraction of sp³-hybridized carbons (Fsp3) is 0.200. The summed E-state index contributed by atoms with van der Waals surface area (Å²) in [6.45, 7) is 1.58. The van der Waals surface area contributed by atoms with Crippen molar-refractivity contribution in [3.8, 4) is 5.75 Å². The summed E-state index contributed by atoms with van der Waals surface area (Å²) in [5, 5.41) is 14.4. The van der Waals surface area contributed by atoms with Crippen LogP contribution >= 0.6 is 0 Å². The number of hydrogen-bond acceptors (Lipinski definition) is 6. The molecule has 0 spiro atoms. The van der Waals surface area contributed by atoms with Crippen molar-refractivity contribution in [3.05, 3.63) is 57.8 Å². The molecule has 0 aliphatic carbocycles. The Balaban J connectivity index is 1.94. The Hall–Kier alpha value is -3.16. The largest absolute Gasteiger partial charge is 0.497 e. The number of methoxy groups -OCH3 is 1. The minimum atomic E-state index is -0.640. The van der Waals surface area contributed by atoms with E-state index in [0.29, 0.717) is 11.5 Å². The van der Waals surface area contributed by atoms with Crippen molar-refractivity contribution >= 4 is 17.5 Å². The van der Waals surface area contributed by atoms with Crippen LogP contribution in [0.3, 0.4) is 0 Å². The van der Waals surface area contributed by atoms with Crippen LogP contribution in [0.25, 0.3) is 0 Å². The number of hydrogen-bond donors (Lipinski definition) is 1. The summed E-state index contributed by atoms with van der Waals surface area (Å²) < 4.78 is 10.0. The number of carbonyl (C=O) groups is 1. The van der Waals surface area contributed by atoms with E-state index in [9.17, 15) is 14.9 Å². The molecule has 1 aromatic carbocycles. The van der Waals surface area contributed by atoms with Crippen molar-refractivity contribution < 1.29 is 18.9 Å². The van der Waals surface area contributed by atoms with Gasteiger partial charge in [0.25, 0.3) is 0 Å². The highest BCUT2D eigenvalue weighted by Gasteiger charge is 2.13. The van der Waals surface area contributed by atoms with E-state index < -0.39 is 4.92 Å². The van der Waals surface area contributed by atoms with Gasteiger partial charge in [-0.1, -0.05) is 12.1 Å². The minimum Gasteiger partial charge on any atom is -0.497 e. The number of hydrazone groups is 1. The molecule has 1 N–H and O–H groups in total. The van der Waals surface area contributed by atoms with E-state index in [1.54, 1.807) is 38.3 Å². The molecule has 0 unspecified atom stereocenters. The first-order valence-electron chi connectivity index (χ1n) is 6.70. The van der Waals surface area contributed by atoms with E-state index in [-0.39, 0.29) is 24.0 Å². The molecule has 1 amide bonds. The zero-order chi connectivity index (χ0) is 16.8. The number of carbonyl (C=O) groups excluding carboxylic acids is 1. The summed E-state index contributed by atoms with van der Waals surface area (Å²) >= 11 is 0. The standard InChI is InChI=1S/C15H15N3O5/c1-10(13-7-8-15(23-13)18(20)21)16-17-14(19)9-11-3-5-12(22-2)6-4-11/h3-8H,9H2,1-2H3,(H,17,19)/b16-10+. The van der Waals surface area contributed by atoms with Crippen LogP contribution in [0.1, 0.15) is 18.2 Å². The number of furan rings is 1. The Kier molecular flexibility index (Phi) is 5.08. The first-order chi connectivity index (χ1) is 11.0. The fourth-order valence-electron chi connectivity index (χ4n) is 1.79. The Morgan fingerprint density at radius 1 is 1.30 bits per heavy atom. The van der Waals surface area contributed by atoms with E-state index in [1.807, 2.05) is 0 Å². The van der Waals surface area contributed by atoms with E-state index in [4.69, 9.17) is 9.15 Å². The highest BCUT2D eigenvalue weighted by molar-refractivity contribution is 5.97. The predicted octanol–water partition coefficient (Wildman–Crippen LogP) is 2.28. The van der Waals surface area contributed by atoms with Gasteiger partial charge in [-0.2, -0.15) is 5.10 Å². The molecule has 0 fully saturated rings. The summed E-state index contributed by atoms with van der Waals surface area (Å²) in [5.41, 5.74) is 3.53. The van der Waals surface area contributed by atoms with Gasteiger partial charge >= 0.3 is 5.88 Å². The maximum Gasteiger partial charge on any atom is 0.433 e. The zero-order valence-corrected chi connectivity index (χ0v) is 12.6. The average Bonchev–Trinajstić information content (AvgIpc) is 3.03. The predicted molar refractivity (Wildman–Crippen MR) is 82.4 cm³/mol. The van der Waals surface area contributed by atoms with Gasteiger partial charge in [0.1, 0.15) is 16.4 Å². The first kappa shape index (κ1) is 16.2. The van der Waals surface area contributed by atoms with Crippen molar-refractivity contribution in [2.24, 2.45) is 5.10 Å². The van der Waals surface area contributed by atoms with Crippen LogP contribution in [0.5, 0.6) is 5.75 Å². The van der Waals surface area contributed by atoms with Crippen LogP contribution < -0.4 is 10.2 Å². The lowest BCUT2D eigenvalue weighted by molar-refractivity contribution is -0.402. The average molecular weight is 317 g/mol. The molecule has 0 atom stereocenters. The van der Waals surface area contributed by atoms with Crippen LogP contribution in [-0.2, 0) is 11.2 Å². The maximum atomic E-state index is 11.8. The molecule has 0 saturated carbocycles. The molecule has 2 aromatic rings. The highest BCUT2D eigenvalue weighted by Crippen LogP contribution is 2.16. The smallest absolute Gasteiger partial charge is 0.433 e. The minimum absolute atomic E-state index is 0.152. The molecule has 8 nitrogen and oxygen atoms in total. The third-order valence-corrected chi connectivity index (χ3v) is 3.00. The number of rotatable bonds is 6. The lowest BCUT2D eigenvalue weighted by atomic mass is 10.1. The Morgan fingerprint density at radius 3 is 2.57 bits per heavy atom. The van der Waals surface area contributed by atoms with Gasteiger partial charge in [-0.15, -0.1) is 0 Å². The van der Waals surface area contributed by atoms with Crippen molar-refractivity contribution in [2.45, 2.75) is 13.3 Å². The molecule has 2 rings (SSSR count). The number of nitrogens with one attached hydrogen (secondary N) is 1. The van der Waals surface area contributed by atoms with Crippen molar-refractivity contribution in [1.82, 2.24) is 5.43 Å². The zero-order valence-electron chi connectivity index (χ0n) is 12.6. The summed E-state index contributed by atoms with van der Waals surface area (Å²) in [4.78, 5) is 21.7. The third kappa shape index (κ3) is 4.40. The summed E-state index contributed by atoms with van der Waals surface area (Å²) in [5.74, 6) is 0.249. The summed E-state index contributed by atoms with van der Waals surface area (Å²) in [6.07, 6.45) is 0.152. The van der Waals surface area contributed by atoms with Crippen LogP contribution in [0.2, 0.25) is 0 Å².